The maximum atomic E-state index is 13.3. The third kappa shape index (κ3) is 4.79. The van der Waals surface area contributed by atoms with Gasteiger partial charge in [0.25, 0.3) is 6.43 Å². The van der Waals surface area contributed by atoms with Gasteiger partial charge < -0.3 is 14.6 Å². The zero-order chi connectivity index (χ0) is 24.5. The second kappa shape index (κ2) is 9.76. The number of carbonyl (C=O) groups is 2. The summed E-state index contributed by atoms with van der Waals surface area (Å²) in [7, 11) is 0. The van der Waals surface area contributed by atoms with E-state index in [0.29, 0.717) is 38.9 Å². The van der Waals surface area contributed by atoms with Crippen LogP contribution in [0.5, 0.6) is 0 Å². The van der Waals surface area contributed by atoms with Crippen LogP contribution in [0.15, 0.2) is 42.6 Å². The molecule has 1 saturated carbocycles. The Hall–Kier alpha value is -3.29. The lowest BCUT2D eigenvalue weighted by molar-refractivity contribution is -0.143. The molecular formula is C27H29F2N3O3. The zero-order valence-electron chi connectivity index (χ0n) is 19.5. The molecule has 0 radical (unpaired) electrons. The molecule has 0 spiro atoms. The van der Waals surface area contributed by atoms with Crippen molar-refractivity contribution in [1.82, 2.24) is 14.5 Å². The van der Waals surface area contributed by atoms with Crippen LogP contribution in [0.3, 0.4) is 0 Å². The number of nitrogens with zero attached hydrogens (tertiary/aromatic N) is 3. The van der Waals surface area contributed by atoms with Crippen LogP contribution in [0.4, 0.5) is 8.78 Å². The van der Waals surface area contributed by atoms with Gasteiger partial charge in [-0.15, -0.1) is 0 Å². The summed E-state index contributed by atoms with van der Waals surface area (Å²) in [4.78, 5) is 30.9. The van der Waals surface area contributed by atoms with E-state index >= 15 is 0 Å². The molecule has 0 saturated heterocycles. The number of carboxylic acids is 1. The summed E-state index contributed by atoms with van der Waals surface area (Å²) in [6, 6.07) is 10.4. The average Bonchev–Trinajstić information content (AvgIpc) is 3.17. The van der Waals surface area contributed by atoms with Crippen LogP contribution >= 0.6 is 0 Å². The van der Waals surface area contributed by atoms with Crippen LogP contribution in [0.1, 0.15) is 60.9 Å². The number of amides is 1. The summed E-state index contributed by atoms with van der Waals surface area (Å²) in [6.45, 7) is 1.50. The van der Waals surface area contributed by atoms with Gasteiger partial charge in [0.1, 0.15) is 5.65 Å². The Kier molecular flexibility index (Phi) is 6.54. The minimum atomic E-state index is -2.53. The maximum Gasteiger partial charge on any atom is 0.306 e. The second-order valence-electron chi connectivity index (χ2n) is 9.76. The Balaban J connectivity index is 1.36. The predicted octanol–water partition coefficient (Wildman–Crippen LogP) is 5.19. The molecule has 35 heavy (non-hydrogen) atoms. The summed E-state index contributed by atoms with van der Waals surface area (Å²) in [5.41, 5.74) is 3.75. The van der Waals surface area contributed by atoms with Crippen LogP contribution in [-0.4, -0.2) is 38.0 Å². The second-order valence-corrected chi connectivity index (χ2v) is 9.76. The fourth-order valence-corrected chi connectivity index (χ4v) is 5.64. The molecule has 5 rings (SSSR count). The van der Waals surface area contributed by atoms with Gasteiger partial charge >= 0.3 is 5.97 Å². The molecule has 1 aliphatic heterocycles. The summed E-state index contributed by atoms with van der Waals surface area (Å²) in [5, 5.41) is 10.3. The molecule has 8 heteroatoms. The molecule has 1 aliphatic carbocycles. The third-order valence-corrected chi connectivity index (χ3v) is 7.57. The molecule has 1 aromatic carbocycles. The van der Waals surface area contributed by atoms with Gasteiger partial charge in [-0.3, -0.25) is 9.59 Å². The molecule has 1 fully saturated rings. The van der Waals surface area contributed by atoms with Gasteiger partial charge in [0.05, 0.1) is 12.5 Å². The number of alkyl halides is 2. The van der Waals surface area contributed by atoms with Gasteiger partial charge in [0.15, 0.2) is 0 Å². The van der Waals surface area contributed by atoms with Gasteiger partial charge in [-0.2, -0.15) is 0 Å². The van der Waals surface area contributed by atoms with Gasteiger partial charge in [0, 0.05) is 42.4 Å². The third-order valence-electron chi connectivity index (χ3n) is 7.57. The van der Waals surface area contributed by atoms with Crippen molar-refractivity contribution >= 4 is 22.9 Å². The fourth-order valence-electron chi connectivity index (χ4n) is 5.64. The van der Waals surface area contributed by atoms with Gasteiger partial charge in [-0.25, -0.2) is 13.8 Å². The van der Waals surface area contributed by atoms with Crippen LogP contribution in [0, 0.1) is 11.8 Å². The first-order valence-corrected chi connectivity index (χ1v) is 12.2. The Morgan fingerprint density at radius 1 is 1.11 bits per heavy atom. The first-order valence-electron chi connectivity index (χ1n) is 12.2. The van der Waals surface area contributed by atoms with E-state index in [1.165, 1.54) is 17.7 Å². The van der Waals surface area contributed by atoms with Crippen molar-refractivity contribution in [2.24, 2.45) is 11.8 Å². The van der Waals surface area contributed by atoms with E-state index in [9.17, 15) is 23.5 Å². The molecule has 0 bridgehead atoms. The van der Waals surface area contributed by atoms with E-state index in [0.717, 1.165) is 41.6 Å². The van der Waals surface area contributed by atoms with Crippen molar-refractivity contribution < 1.29 is 23.5 Å². The standard InChI is InChI=1S/C27H29F2N3O3/c28-25(29)20-4-1-3-18(13-20)15-32-23-16-31(12-10-21(23)22-5-2-11-30-26(22)32)24(33)14-17-6-8-19(9-7-17)27(34)35/h1-5,11,13,17,19,25H,6-10,12,14-16H2,(H,34,35)/t17-,19+. The highest BCUT2D eigenvalue weighted by Crippen LogP contribution is 2.34. The molecule has 3 aromatic rings. The number of fused-ring (bicyclic) bond motifs is 3. The van der Waals surface area contributed by atoms with Gasteiger partial charge in [-0.1, -0.05) is 18.2 Å². The molecule has 2 aromatic heterocycles. The summed E-state index contributed by atoms with van der Waals surface area (Å²) in [6.07, 6.45) is 3.18. The topological polar surface area (TPSA) is 75.4 Å². The van der Waals surface area contributed by atoms with E-state index in [-0.39, 0.29) is 23.3 Å². The summed E-state index contributed by atoms with van der Waals surface area (Å²) < 4.78 is 28.6. The fraction of sp³-hybridized carbons (Fsp3) is 0.444. The Bertz CT molecular complexity index is 1250. The highest BCUT2D eigenvalue weighted by molar-refractivity contribution is 5.84. The Morgan fingerprint density at radius 3 is 2.66 bits per heavy atom. The Morgan fingerprint density at radius 2 is 1.91 bits per heavy atom. The highest BCUT2D eigenvalue weighted by atomic mass is 19.3. The van der Waals surface area contributed by atoms with Crippen LogP contribution < -0.4 is 0 Å². The maximum absolute atomic E-state index is 13.3. The number of pyridine rings is 1. The monoisotopic (exact) mass is 481 g/mol. The normalized spacial score (nSPS) is 20.3. The molecule has 2 aliphatic rings. The molecule has 3 heterocycles. The minimum absolute atomic E-state index is 0.00443. The lowest BCUT2D eigenvalue weighted by atomic mass is 9.80. The molecule has 0 unspecified atom stereocenters. The minimum Gasteiger partial charge on any atom is -0.481 e. The number of carbonyl (C=O) groups excluding carboxylic acids is 1. The van der Waals surface area contributed by atoms with Gasteiger partial charge in [-0.05, 0) is 67.3 Å². The van der Waals surface area contributed by atoms with E-state index in [4.69, 9.17) is 0 Å². The predicted molar refractivity (Wildman–Crippen MR) is 127 cm³/mol. The van der Waals surface area contributed by atoms with Crippen molar-refractivity contribution in [3.8, 4) is 0 Å². The average molecular weight is 482 g/mol. The van der Waals surface area contributed by atoms with Crippen LogP contribution in [-0.2, 0) is 29.1 Å². The van der Waals surface area contributed by atoms with E-state index in [2.05, 4.69) is 9.55 Å². The van der Waals surface area contributed by atoms with Crippen molar-refractivity contribution in [2.45, 2.75) is 58.0 Å². The first kappa shape index (κ1) is 23.5. The lowest BCUT2D eigenvalue weighted by Gasteiger charge is -2.31. The molecule has 1 amide bonds. The zero-order valence-corrected chi connectivity index (χ0v) is 19.5. The van der Waals surface area contributed by atoms with Crippen molar-refractivity contribution in [3.05, 3.63) is 65.0 Å². The summed E-state index contributed by atoms with van der Waals surface area (Å²) >= 11 is 0. The molecule has 6 nitrogen and oxygen atoms in total. The van der Waals surface area contributed by atoms with Gasteiger partial charge in [0.2, 0.25) is 5.91 Å². The van der Waals surface area contributed by atoms with Crippen molar-refractivity contribution in [3.63, 3.8) is 0 Å². The first-order chi connectivity index (χ1) is 16.9. The van der Waals surface area contributed by atoms with Crippen molar-refractivity contribution in [2.75, 3.05) is 6.54 Å². The SMILES string of the molecule is O=C(C[C@H]1CC[C@@H](C(=O)O)CC1)N1CCc2c(n(Cc3cccc(C(F)F)c3)c3ncccc23)C1. The number of halogens is 2. The number of aliphatic carboxylic acids is 1. The number of carboxylic acid groups (broad SMARTS) is 1. The molecular weight excluding hydrogens is 452 g/mol. The van der Waals surface area contributed by atoms with Crippen LogP contribution in [0.25, 0.3) is 11.0 Å². The van der Waals surface area contributed by atoms with Crippen LogP contribution in [0.2, 0.25) is 0 Å². The molecule has 1 N–H and O–H groups in total. The Labute approximate surface area is 202 Å². The molecule has 184 valence electrons. The number of aromatic nitrogens is 2. The quantitative estimate of drug-likeness (QED) is 0.526. The molecule has 0 atom stereocenters. The number of benzene rings is 1. The largest absolute Gasteiger partial charge is 0.481 e. The smallest absolute Gasteiger partial charge is 0.306 e. The van der Waals surface area contributed by atoms with Crippen molar-refractivity contribution in [1.29, 1.82) is 0 Å². The number of rotatable bonds is 6. The summed E-state index contributed by atoms with van der Waals surface area (Å²) in [5.74, 6) is -0.701. The van der Waals surface area contributed by atoms with E-state index in [1.807, 2.05) is 23.1 Å². The highest BCUT2D eigenvalue weighted by Gasteiger charge is 2.31. The lowest BCUT2D eigenvalue weighted by Crippen LogP contribution is -2.38. The number of hydrogen-bond acceptors (Lipinski definition) is 3. The van der Waals surface area contributed by atoms with E-state index in [1.54, 1.807) is 12.3 Å². The van der Waals surface area contributed by atoms with E-state index < -0.39 is 12.4 Å². The number of hydrogen-bond donors (Lipinski definition) is 1.